The van der Waals surface area contributed by atoms with Gasteiger partial charge >= 0.3 is 0 Å². The Morgan fingerprint density at radius 3 is 2.42 bits per heavy atom. The quantitative estimate of drug-likeness (QED) is 0.662. The molecule has 19 heavy (non-hydrogen) atoms. The lowest BCUT2D eigenvalue weighted by molar-refractivity contribution is 0.262. The standard InChI is InChI=1S/C14H30N2O2S/c1-3-7-14-8-11-16(12-9-14)19(17,18)13-6-5-10-15-4-2/h14-15H,3-13H2,1-2H3. The Morgan fingerprint density at radius 2 is 1.84 bits per heavy atom. The molecule has 1 N–H and O–H groups in total. The lowest BCUT2D eigenvalue weighted by atomic mass is 9.94. The zero-order valence-electron chi connectivity index (χ0n) is 12.5. The van der Waals surface area contributed by atoms with E-state index >= 15 is 0 Å². The summed E-state index contributed by atoms with van der Waals surface area (Å²) in [5.41, 5.74) is 0. The average molecular weight is 290 g/mol. The van der Waals surface area contributed by atoms with Crippen molar-refractivity contribution in [3.63, 3.8) is 0 Å². The van der Waals surface area contributed by atoms with Gasteiger partial charge in [0.2, 0.25) is 10.0 Å². The number of rotatable bonds is 9. The van der Waals surface area contributed by atoms with Gasteiger partial charge < -0.3 is 5.32 Å². The summed E-state index contributed by atoms with van der Waals surface area (Å²) in [5.74, 6) is 1.06. The molecule has 0 bridgehead atoms. The molecule has 0 aromatic heterocycles. The summed E-state index contributed by atoms with van der Waals surface area (Å²) >= 11 is 0. The van der Waals surface area contributed by atoms with Crippen molar-refractivity contribution in [2.45, 2.75) is 52.4 Å². The second-order valence-corrected chi connectivity index (χ2v) is 7.60. The van der Waals surface area contributed by atoms with E-state index in [9.17, 15) is 8.42 Å². The Kier molecular flexibility index (Phi) is 7.95. The van der Waals surface area contributed by atoms with Gasteiger partial charge in [-0.1, -0.05) is 26.7 Å². The van der Waals surface area contributed by atoms with Gasteiger partial charge in [-0.25, -0.2) is 12.7 Å². The number of hydrogen-bond acceptors (Lipinski definition) is 3. The summed E-state index contributed by atoms with van der Waals surface area (Å²) in [5, 5.41) is 3.23. The normalized spacial score (nSPS) is 18.8. The van der Waals surface area contributed by atoms with Crippen molar-refractivity contribution in [2.24, 2.45) is 5.92 Å². The van der Waals surface area contributed by atoms with E-state index in [1.807, 2.05) is 0 Å². The third-order valence-corrected chi connectivity index (χ3v) is 5.88. The van der Waals surface area contributed by atoms with E-state index in [1.54, 1.807) is 4.31 Å². The van der Waals surface area contributed by atoms with Gasteiger partial charge in [0.25, 0.3) is 0 Å². The van der Waals surface area contributed by atoms with E-state index in [2.05, 4.69) is 19.2 Å². The SMILES string of the molecule is CCCC1CCN(S(=O)(=O)CCCCNCC)CC1. The van der Waals surface area contributed by atoms with Gasteiger partial charge in [-0.05, 0) is 44.7 Å². The molecule has 114 valence electrons. The third kappa shape index (κ3) is 6.23. The summed E-state index contributed by atoms with van der Waals surface area (Å²) in [6.45, 7) is 7.62. The van der Waals surface area contributed by atoms with Crippen molar-refractivity contribution in [1.29, 1.82) is 0 Å². The predicted octanol–water partition coefficient (Wildman–Crippen LogP) is 2.22. The number of unbranched alkanes of at least 4 members (excludes halogenated alkanes) is 1. The van der Waals surface area contributed by atoms with Gasteiger partial charge in [0.1, 0.15) is 0 Å². The first kappa shape index (κ1) is 16.9. The van der Waals surface area contributed by atoms with Crippen LogP contribution in [-0.2, 0) is 10.0 Å². The molecule has 0 amide bonds. The van der Waals surface area contributed by atoms with Crippen molar-refractivity contribution in [2.75, 3.05) is 31.9 Å². The van der Waals surface area contributed by atoms with Crippen molar-refractivity contribution >= 4 is 10.0 Å². The molecule has 0 aromatic carbocycles. The van der Waals surface area contributed by atoms with Crippen molar-refractivity contribution in [3.8, 4) is 0 Å². The van der Waals surface area contributed by atoms with Crippen LogP contribution in [0.2, 0.25) is 0 Å². The van der Waals surface area contributed by atoms with Crippen LogP contribution in [0.25, 0.3) is 0 Å². The molecule has 1 aliphatic rings. The minimum atomic E-state index is -3.00. The smallest absolute Gasteiger partial charge is 0.214 e. The van der Waals surface area contributed by atoms with Crippen molar-refractivity contribution in [3.05, 3.63) is 0 Å². The summed E-state index contributed by atoms with van der Waals surface area (Å²) < 4.78 is 26.1. The van der Waals surface area contributed by atoms with Crippen LogP contribution in [-0.4, -0.2) is 44.7 Å². The Balaban J connectivity index is 2.26. The average Bonchev–Trinajstić information content (AvgIpc) is 2.39. The second kappa shape index (κ2) is 8.93. The van der Waals surface area contributed by atoms with Crippen LogP contribution in [0.1, 0.15) is 52.4 Å². The molecule has 1 heterocycles. The number of nitrogens with zero attached hydrogens (tertiary/aromatic N) is 1. The summed E-state index contributed by atoms with van der Waals surface area (Å²) in [4.78, 5) is 0. The molecule has 1 saturated heterocycles. The first-order valence-corrected chi connectivity index (χ1v) is 9.39. The monoisotopic (exact) mass is 290 g/mol. The topological polar surface area (TPSA) is 49.4 Å². The maximum absolute atomic E-state index is 12.2. The van der Waals surface area contributed by atoms with Gasteiger partial charge in [-0.15, -0.1) is 0 Å². The van der Waals surface area contributed by atoms with Crippen molar-refractivity contribution < 1.29 is 8.42 Å². The fraction of sp³-hybridized carbons (Fsp3) is 1.00. The van der Waals surface area contributed by atoms with Crippen LogP contribution in [0, 0.1) is 5.92 Å². The van der Waals surface area contributed by atoms with E-state index in [4.69, 9.17) is 0 Å². The predicted molar refractivity (Wildman–Crippen MR) is 80.8 cm³/mol. The molecule has 0 radical (unpaired) electrons. The van der Waals surface area contributed by atoms with Crippen LogP contribution >= 0.6 is 0 Å². The number of nitrogens with one attached hydrogen (secondary N) is 1. The largest absolute Gasteiger partial charge is 0.317 e. The highest BCUT2D eigenvalue weighted by Gasteiger charge is 2.26. The molecule has 5 heteroatoms. The van der Waals surface area contributed by atoms with Crippen LogP contribution in [0.4, 0.5) is 0 Å². The molecule has 0 saturated carbocycles. The summed E-state index contributed by atoms with van der Waals surface area (Å²) in [7, 11) is -3.00. The Morgan fingerprint density at radius 1 is 1.16 bits per heavy atom. The molecule has 1 aliphatic heterocycles. The Labute approximate surface area is 119 Å². The number of sulfonamides is 1. The Hall–Kier alpha value is -0.130. The molecule has 0 aliphatic carbocycles. The molecule has 0 atom stereocenters. The van der Waals surface area contributed by atoms with Gasteiger partial charge in [0.15, 0.2) is 0 Å². The molecular weight excluding hydrogens is 260 g/mol. The highest BCUT2D eigenvalue weighted by Crippen LogP contribution is 2.23. The van der Waals surface area contributed by atoms with E-state index in [1.165, 1.54) is 12.8 Å². The van der Waals surface area contributed by atoms with E-state index in [0.717, 1.165) is 57.8 Å². The third-order valence-electron chi connectivity index (χ3n) is 3.92. The van der Waals surface area contributed by atoms with Crippen LogP contribution < -0.4 is 5.32 Å². The number of piperidine rings is 1. The van der Waals surface area contributed by atoms with Crippen LogP contribution in [0.3, 0.4) is 0 Å². The second-order valence-electron chi connectivity index (χ2n) is 5.51. The lowest BCUT2D eigenvalue weighted by Crippen LogP contribution is -2.39. The maximum atomic E-state index is 12.2. The molecule has 1 rings (SSSR count). The minimum Gasteiger partial charge on any atom is -0.317 e. The molecular formula is C14H30N2O2S. The minimum absolute atomic E-state index is 0.316. The van der Waals surface area contributed by atoms with Gasteiger partial charge in [-0.2, -0.15) is 0 Å². The maximum Gasteiger partial charge on any atom is 0.214 e. The van der Waals surface area contributed by atoms with Gasteiger partial charge in [0, 0.05) is 13.1 Å². The highest BCUT2D eigenvalue weighted by atomic mass is 32.2. The molecule has 0 unspecified atom stereocenters. The first-order valence-electron chi connectivity index (χ1n) is 7.78. The van der Waals surface area contributed by atoms with Crippen molar-refractivity contribution in [1.82, 2.24) is 9.62 Å². The van der Waals surface area contributed by atoms with Gasteiger partial charge in [0.05, 0.1) is 5.75 Å². The first-order chi connectivity index (χ1) is 9.10. The lowest BCUT2D eigenvalue weighted by Gasteiger charge is -2.31. The zero-order chi connectivity index (χ0) is 14.1. The van der Waals surface area contributed by atoms with Gasteiger partial charge in [-0.3, -0.25) is 0 Å². The summed E-state index contributed by atoms with van der Waals surface area (Å²) in [6, 6.07) is 0. The van der Waals surface area contributed by atoms with E-state index in [-0.39, 0.29) is 0 Å². The highest BCUT2D eigenvalue weighted by molar-refractivity contribution is 7.89. The van der Waals surface area contributed by atoms with E-state index in [0.29, 0.717) is 5.75 Å². The molecule has 1 fully saturated rings. The molecule has 0 aromatic rings. The number of hydrogen-bond donors (Lipinski definition) is 1. The Bertz CT molecular complexity index is 322. The summed E-state index contributed by atoms with van der Waals surface area (Å²) in [6.07, 6.45) is 6.26. The van der Waals surface area contributed by atoms with Crippen LogP contribution in [0.5, 0.6) is 0 Å². The van der Waals surface area contributed by atoms with E-state index < -0.39 is 10.0 Å². The fourth-order valence-electron chi connectivity index (χ4n) is 2.72. The van der Waals surface area contributed by atoms with Crippen LogP contribution in [0.15, 0.2) is 0 Å². The fourth-order valence-corrected chi connectivity index (χ4v) is 4.32. The zero-order valence-corrected chi connectivity index (χ0v) is 13.3. The molecule has 4 nitrogen and oxygen atoms in total. The molecule has 0 spiro atoms.